The van der Waals surface area contributed by atoms with E-state index in [1.165, 1.54) is 38.5 Å². The lowest BCUT2D eigenvalue weighted by atomic mass is 9.69. The highest BCUT2D eigenvalue weighted by atomic mass is 19.2. The molecule has 0 saturated heterocycles. The minimum absolute atomic E-state index is 0.108. The molecule has 5 heteroatoms. The average molecular weight is 487 g/mol. The molecule has 0 unspecified atom stereocenters. The van der Waals surface area contributed by atoms with E-state index in [9.17, 15) is 22.0 Å². The van der Waals surface area contributed by atoms with Gasteiger partial charge in [-0.15, -0.1) is 0 Å². The predicted octanol–water partition coefficient (Wildman–Crippen LogP) is 9.86. The van der Waals surface area contributed by atoms with E-state index in [1.807, 2.05) is 0 Å². The van der Waals surface area contributed by atoms with Crippen molar-refractivity contribution >= 4 is 0 Å². The second-order valence-electron chi connectivity index (χ2n) is 11.1. The van der Waals surface area contributed by atoms with Gasteiger partial charge in [-0.25, -0.2) is 17.6 Å². The molecular weight excluding hydrogens is 443 g/mol. The molecule has 1 aromatic rings. The number of alkyl halides is 2. The van der Waals surface area contributed by atoms with Crippen molar-refractivity contribution in [2.45, 2.75) is 115 Å². The molecule has 0 amide bonds. The summed E-state index contributed by atoms with van der Waals surface area (Å²) in [5, 5.41) is 0. The molecule has 34 heavy (non-hydrogen) atoms. The molecule has 194 valence electrons. The molecule has 3 aliphatic rings. The zero-order valence-electron chi connectivity index (χ0n) is 20.8. The largest absolute Gasteiger partial charge is 0.251 e. The standard InChI is InChI=1S/C18H22F4.C11H21F/c19-15-7-5-12(6-8-15)11-1-3-13(4-2-11)14-9-16(20)18(22)17(21)10-14;1-2-3-10-4-6-11(7-5-10)8-9-12/h9-13,15H,1-8H2;10-11H,2-9H2,1H3. The summed E-state index contributed by atoms with van der Waals surface area (Å²) >= 11 is 0. The summed E-state index contributed by atoms with van der Waals surface area (Å²) in [6.45, 7) is 2.15. The lowest BCUT2D eigenvalue weighted by Crippen LogP contribution is -2.25. The van der Waals surface area contributed by atoms with Crippen molar-refractivity contribution < 1.29 is 22.0 Å². The number of halogens is 5. The summed E-state index contributed by atoms with van der Waals surface area (Å²) in [6.07, 6.45) is 15.3. The second-order valence-corrected chi connectivity index (χ2v) is 11.1. The van der Waals surface area contributed by atoms with Crippen LogP contribution in [0.1, 0.15) is 115 Å². The summed E-state index contributed by atoms with van der Waals surface area (Å²) in [5.41, 5.74) is 0.572. The number of hydrogen-bond donors (Lipinski definition) is 0. The SMILES string of the molecule is CCCC1CCC(CCF)CC1.Fc1cc(C2CCC(C3CCC(F)CC3)CC2)cc(F)c1F. The second kappa shape index (κ2) is 13.8. The van der Waals surface area contributed by atoms with Crippen LogP contribution in [0.2, 0.25) is 0 Å². The van der Waals surface area contributed by atoms with Gasteiger partial charge in [0.05, 0.1) is 6.67 Å². The highest BCUT2D eigenvalue weighted by Crippen LogP contribution is 2.43. The molecule has 0 nitrogen and oxygen atoms in total. The quantitative estimate of drug-likeness (QED) is 0.277. The minimum atomic E-state index is -1.39. The van der Waals surface area contributed by atoms with Crippen molar-refractivity contribution in [2.75, 3.05) is 6.67 Å². The molecule has 0 spiro atoms. The van der Waals surface area contributed by atoms with Crippen LogP contribution in [0.3, 0.4) is 0 Å². The Hall–Kier alpha value is -1.13. The van der Waals surface area contributed by atoms with Crippen LogP contribution in [-0.4, -0.2) is 12.8 Å². The summed E-state index contributed by atoms with van der Waals surface area (Å²) < 4.78 is 65.0. The maximum atomic E-state index is 13.3. The average Bonchev–Trinajstić information content (AvgIpc) is 2.85. The van der Waals surface area contributed by atoms with E-state index in [0.717, 1.165) is 63.0 Å². The molecule has 0 atom stereocenters. The molecule has 4 rings (SSSR count). The van der Waals surface area contributed by atoms with Crippen molar-refractivity contribution in [3.8, 4) is 0 Å². The first kappa shape index (κ1) is 27.5. The lowest BCUT2D eigenvalue weighted by Gasteiger charge is -2.36. The van der Waals surface area contributed by atoms with E-state index in [-0.39, 0.29) is 12.6 Å². The molecule has 0 heterocycles. The van der Waals surface area contributed by atoms with Crippen molar-refractivity contribution in [3.05, 3.63) is 35.1 Å². The zero-order chi connectivity index (χ0) is 24.5. The van der Waals surface area contributed by atoms with E-state index >= 15 is 0 Å². The molecule has 0 aliphatic heterocycles. The Bertz CT molecular complexity index is 674. The first-order chi connectivity index (χ1) is 16.4. The van der Waals surface area contributed by atoms with Crippen molar-refractivity contribution in [2.24, 2.45) is 23.7 Å². The fourth-order valence-electron chi connectivity index (χ4n) is 6.66. The fourth-order valence-corrected chi connectivity index (χ4v) is 6.66. The van der Waals surface area contributed by atoms with E-state index in [1.54, 1.807) is 0 Å². The molecule has 0 aromatic heterocycles. The number of benzene rings is 1. The van der Waals surface area contributed by atoms with Crippen LogP contribution < -0.4 is 0 Å². The van der Waals surface area contributed by atoms with Crippen LogP contribution in [0, 0.1) is 41.1 Å². The van der Waals surface area contributed by atoms with Gasteiger partial charge < -0.3 is 0 Å². The summed E-state index contributed by atoms with van der Waals surface area (Å²) in [5.74, 6) is -0.585. The van der Waals surface area contributed by atoms with Gasteiger partial charge >= 0.3 is 0 Å². The molecule has 3 fully saturated rings. The van der Waals surface area contributed by atoms with Gasteiger partial charge in [0.2, 0.25) is 0 Å². The highest BCUT2D eigenvalue weighted by Gasteiger charge is 2.31. The van der Waals surface area contributed by atoms with Gasteiger partial charge in [0.25, 0.3) is 0 Å². The fraction of sp³-hybridized carbons (Fsp3) is 0.793. The third-order valence-electron chi connectivity index (χ3n) is 8.80. The van der Waals surface area contributed by atoms with Crippen LogP contribution in [0.15, 0.2) is 12.1 Å². The molecule has 3 saturated carbocycles. The van der Waals surface area contributed by atoms with Crippen LogP contribution in [0.4, 0.5) is 22.0 Å². The van der Waals surface area contributed by atoms with Crippen LogP contribution in [-0.2, 0) is 0 Å². The minimum Gasteiger partial charge on any atom is -0.251 e. The Morgan fingerprint density at radius 2 is 1.15 bits per heavy atom. The Morgan fingerprint density at radius 3 is 1.62 bits per heavy atom. The Morgan fingerprint density at radius 1 is 0.676 bits per heavy atom. The van der Waals surface area contributed by atoms with Gasteiger partial charge in [-0.1, -0.05) is 45.4 Å². The third-order valence-corrected chi connectivity index (χ3v) is 8.80. The highest BCUT2D eigenvalue weighted by molar-refractivity contribution is 5.23. The van der Waals surface area contributed by atoms with Crippen molar-refractivity contribution in [3.63, 3.8) is 0 Å². The van der Waals surface area contributed by atoms with Crippen LogP contribution >= 0.6 is 0 Å². The van der Waals surface area contributed by atoms with Gasteiger partial charge in [0.15, 0.2) is 17.5 Å². The summed E-state index contributed by atoms with van der Waals surface area (Å²) in [4.78, 5) is 0. The van der Waals surface area contributed by atoms with Crippen LogP contribution in [0.5, 0.6) is 0 Å². The van der Waals surface area contributed by atoms with Gasteiger partial charge in [-0.3, -0.25) is 4.39 Å². The van der Waals surface area contributed by atoms with Gasteiger partial charge in [0, 0.05) is 0 Å². The summed E-state index contributed by atoms with van der Waals surface area (Å²) in [6, 6.07) is 2.27. The predicted molar refractivity (Wildman–Crippen MR) is 129 cm³/mol. The van der Waals surface area contributed by atoms with Gasteiger partial charge in [-0.05, 0) is 105 Å². The van der Waals surface area contributed by atoms with Crippen LogP contribution in [0.25, 0.3) is 0 Å². The number of hydrogen-bond acceptors (Lipinski definition) is 0. The maximum Gasteiger partial charge on any atom is 0.194 e. The Balaban J connectivity index is 0.000000229. The van der Waals surface area contributed by atoms with E-state index in [0.29, 0.717) is 36.2 Å². The van der Waals surface area contributed by atoms with E-state index in [2.05, 4.69) is 6.92 Å². The number of rotatable bonds is 6. The zero-order valence-corrected chi connectivity index (χ0v) is 20.8. The maximum absolute atomic E-state index is 13.3. The third kappa shape index (κ3) is 7.95. The summed E-state index contributed by atoms with van der Waals surface area (Å²) in [7, 11) is 0. The van der Waals surface area contributed by atoms with E-state index < -0.39 is 23.6 Å². The van der Waals surface area contributed by atoms with Crippen molar-refractivity contribution in [1.82, 2.24) is 0 Å². The van der Waals surface area contributed by atoms with Crippen molar-refractivity contribution in [1.29, 1.82) is 0 Å². The first-order valence-corrected chi connectivity index (χ1v) is 13.8. The Labute approximate surface area is 203 Å². The molecule has 0 N–H and O–H groups in total. The molecular formula is C29H43F5. The first-order valence-electron chi connectivity index (χ1n) is 13.8. The molecule has 0 bridgehead atoms. The lowest BCUT2D eigenvalue weighted by molar-refractivity contribution is 0.138. The van der Waals surface area contributed by atoms with E-state index in [4.69, 9.17) is 0 Å². The molecule has 3 aliphatic carbocycles. The smallest absolute Gasteiger partial charge is 0.194 e. The van der Waals surface area contributed by atoms with Gasteiger partial charge in [0.1, 0.15) is 6.17 Å². The normalized spacial score (nSPS) is 32.1. The topological polar surface area (TPSA) is 0 Å². The Kier molecular flexibility index (Phi) is 11.2. The van der Waals surface area contributed by atoms with Gasteiger partial charge in [-0.2, -0.15) is 0 Å². The molecule has 1 aromatic carbocycles. The monoisotopic (exact) mass is 486 g/mol. The molecule has 0 radical (unpaired) electrons.